The Morgan fingerprint density at radius 1 is 1.00 bits per heavy atom. The first-order valence-corrected chi connectivity index (χ1v) is 8.39. The average Bonchev–Trinajstić information content (AvgIpc) is 2.59. The highest BCUT2D eigenvalue weighted by molar-refractivity contribution is 7.98. The van der Waals surface area contributed by atoms with Crippen molar-refractivity contribution in [2.24, 2.45) is 0 Å². The molecule has 0 saturated carbocycles. The van der Waals surface area contributed by atoms with Crippen molar-refractivity contribution in [1.29, 1.82) is 0 Å². The minimum Gasteiger partial charge on any atom is -0.376 e. The maximum atomic E-state index is 12.2. The van der Waals surface area contributed by atoms with Gasteiger partial charge in [0.25, 0.3) is 0 Å². The fourth-order valence-electron chi connectivity index (χ4n) is 2.25. The molecule has 0 bridgehead atoms. The van der Waals surface area contributed by atoms with Crippen molar-refractivity contribution < 1.29 is 13.2 Å². The highest BCUT2D eigenvalue weighted by Crippen LogP contribution is 2.25. The molecular formula is C17H14F3N3S. The van der Waals surface area contributed by atoms with Crippen LogP contribution in [0.1, 0.15) is 0 Å². The third-order valence-electron chi connectivity index (χ3n) is 3.44. The van der Waals surface area contributed by atoms with E-state index in [1.807, 2.05) is 24.5 Å². The lowest BCUT2D eigenvalue weighted by atomic mass is 10.0. The van der Waals surface area contributed by atoms with E-state index >= 15 is 0 Å². The Morgan fingerprint density at radius 3 is 2.38 bits per heavy atom. The van der Waals surface area contributed by atoms with Crippen LogP contribution in [-0.4, -0.2) is 28.9 Å². The molecule has 3 rings (SSSR count). The van der Waals surface area contributed by atoms with Crippen LogP contribution < -0.4 is 5.32 Å². The number of hydrogen-bond donors (Lipinski definition) is 1. The summed E-state index contributed by atoms with van der Waals surface area (Å²) in [5.74, 6) is 0. The summed E-state index contributed by atoms with van der Waals surface area (Å²) >= 11 is 1.53. The Bertz CT molecular complexity index is 848. The minimum atomic E-state index is -4.23. The Kier molecular flexibility index (Phi) is 4.62. The molecule has 124 valence electrons. The molecule has 2 aromatic carbocycles. The van der Waals surface area contributed by atoms with Gasteiger partial charge in [0.05, 0.1) is 17.2 Å². The van der Waals surface area contributed by atoms with Crippen molar-refractivity contribution in [1.82, 2.24) is 9.97 Å². The van der Waals surface area contributed by atoms with Gasteiger partial charge in [-0.05, 0) is 41.6 Å². The fraction of sp³-hybridized carbons (Fsp3) is 0.176. The molecule has 1 aromatic heterocycles. The smallest absolute Gasteiger partial charge is 0.376 e. The molecule has 0 amide bonds. The standard InChI is InChI=1S/C17H14F3N3S/c1-24-16-9-21-15-8-12(4-7-14(15)23-16)11-2-5-13(6-3-11)22-10-17(18,19)20/h2-9,22H,10H2,1H3. The summed E-state index contributed by atoms with van der Waals surface area (Å²) in [6.07, 6.45) is -0.565. The molecule has 0 aliphatic heterocycles. The predicted molar refractivity (Wildman–Crippen MR) is 91.3 cm³/mol. The average molecular weight is 349 g/mol. The van der Waals surface area contributed by atoms with Crippen molar-refractivity contribution in [3.05, 3.63) is 48.7 Å². The molecule has 24 heavy (non-hydrogen) atoms. The zero-order valence-corrected chi connectivity index (χ0v) is 13.6. The van der Waals surface area contributed by atoms with Gasteiger partial charge >= 0.3 is 6.18 Å². The first-order valence-electron chi connectivity index (χ1n) is 7.16. The molecule has 0 aliphatic carbocycles. The van der Waals surface area contributed by atoms with Crippen LogP contribution in [0, 0.1) is 0 Å². The number of alkyl halides is 3. The maximum absolute atomic E-state index is 12.2. The van der Waals surface area contributed by atoms with Gasteiger partial charge in [-0.25, -0.2) is 4.98 Å². The summed E-state index contributed by atoms with van der Waals surface area (Å²) in [7, 11) is 0. The second-order valence-electron chi connectivity index (χ2n) is 5.16. The number of aromatic nitrogens is 2. The summed E-state index contributed by atoms with van der Waals surface area (Å²) in [6, 6.07) is 12.6. The molecule has 0 aliphatic rings. The molecule has 0 spiro atoms. The lowest BCUT2D eigenvalue weighted by Crippen LogP contribution is -2.21. The SMILES string of the molecule is CSc1cnc2cc(-c3ccc(NCC(F)(F)F)cc3)ccc2n1. The van der Waals surface area contributed by atoms with Crippen molar-refractivity contribution in [2.75, 3.05) is 18.1 Å². The maximum Gasteiger partial charge on any atom is 0.405 e. The summed E-state index contributed by atoms with van der Waals surface area (Å²) in [5.41, 5.74) is 3.88. The molecule has 0 fully saturated rings. The van der Waals surface area contributed by atoms with E-state index in [-0.39, 0.29) is 0 Å². The van der Waals surface area contributed by atoms with Crippen molar-refractivity contribution in [3.63, 3.8) is 0 Å². The number of nitrogens with one attached hydrogen (secondary N) is 1. The van der Waals surface area contributed by atoms with Crippen molar-refractivity contribution in [3.8, 4) is 11.1 Å². The zero-order chi connectivity index (χ0) is 17.2. The van der Waals surface area contributed by atoms with Crippen molar-refractivity contribution >= 4 is 28.5 Å². The molecule has 3 aromatic rings. The van der Waals surface area contributed by atoms with Crippen molar-refractivity contribution in [2.45, 2.75) is 11.2 Å². The number of halogens is 3. The lowest BCUT2D eigenvalue weighted by molar-refractivity contribution is -0.115. The highest BCUT2D eigenvalue weighted by Gasteiger charge is 2.26. The quantitative estimate of drug-likeness (QED) is 0.673. The monoisotopic (exact) mass is 349 g/mol. The number of rotatable bonds is 4. The van der Waals surface area contributed by atoms with E-state index in [9.17, 15) is 13.2 Å². The third-order valence-corrected chi connectivity index (χ3v) is 4.06. The van der Waals surface area contributed by atoms with Crippen LogP contribution in [-0.2, 0) is 0 Å². The van der Waals surface area contributed by atoms with Gasteiger partial charge in [0, 0.05) is 5.69 Å². The van der Waals surface area contributed by atoms with Crippen LogP contribution in [0.15, 0.2) is 53.7 Å². The van der Waals surface area contributed by atoms with E-state index in [1.54, 1.807) is 30.5 Å². The molecular weight excluding hydrogens is 335 g/mol. The Labute approximate surface area is 141 Å². The summed E-state index contributed by atoms with van der Waals surface area (Å²) in [4.78, 5) is 8.87. The number of nitrogens with zero attached hydrogens (tertiary/aromatic N) is 2. The fourth-order valence-corrected chi connectivity index (χ4v) is 2.60. The van der Waals surface area contributed by atoms with Gasteiger partial charge in [-0.15, -0.1) is 11.8 Å². The van der Waals surface area contributed by atoms with Crippen LogP contribution in [0.4, 0.5) is 18.9 Å². The molecule has 0 radical (unpaired) electrons. The largest absolute Gasteiger partial charge is 0.405 e. The first-order chi connectivity index (χ1) is 11.4. The molecule has 0 unspecified atom stereocenters. The van der Waals surface area contributed by atoms with E-state index < -0.39 is 12.7 Å². The number of anilines is 1. The lowest BCUT2D eigenvalue weighted by Gasteiger charge is -2.10. The van der Waals surface area contributed by atoms with Crippen LogP contribution >= 0.6 is 11.8 Å². The van der Waals surface area contributed by atoms with E-state index in [1.165, 1.54) is 11.8 Å². The van der Waals surface area contributed by atoms with Crippen LogP contribution in [0.3, 0.4) is 0 Å². The minimum absolute atomic E-state index is 0.432. The number of fused-ring (bicyclic) bond motifs is 1. The Hall–Kier alpha value is -2.28. The van der Waals surface area contributed by atoms with Crippen LogP contribution in [0.25, 0.3) is 22.2 Å². The van der Waals surface area contributed by atoms with Gasteiger partial charge < -0.3 is 5.32 Å². The summed E-state index contributed by atoms with van der Waals surface area (Å²) in [5, 5.41) is 3.21. The molecule has 1 N–H and O–H groups in total. The van der Waals surface area contributed by atoms with Gasteiger partial charge in [0.15, 0.2) is 0 Å². The van der Waals surface area contributed by atoms with E-state index in [4.69, 9.17) is 0 Å². The number of thioether (sulfide) groups is 1. The highest BCUT2D eigenvalue weighted by atomic mass is 32.2. The van der Waals surface area contributed by atoms with E-state index in [2.05, 4.69) is 15.3 Å². The normalized spacial score (nSPS) is 11.7. The van der Waals surface area contributed by atoms with Gasteiger partial charge in [0.1, 0.15) is 11.6 Å². The predicted octanol–water partition coefficient (Wildman–Crippen LogP) is 4.99. The molecule has 0 atom stereocenters. The van der Waals surface area contributed by atoms with Crippen LogP contribution in [0.5, 0.6) is 0 Å². The molecule has 7 heteroatoms. The second kappa shape index (κ2) is 6.68. The third kappa shape index (κ3) is 3.97. The summed E-state index contributed by atoms with van der Waals surface area (Å²) < 4.78 is 36.6. The molecule has 0 saturated heterocycles. The number of benzene rings is 2. The van der Waals surface area contributed by atoms with Gasteiger partial charge in [-0.1, -0.05) is 18.2 Å². The number of hydrogen-bond acceptors (Lipinski definition) is 4. The van der Waals surface area contributed by atoms with E-state index in [0.29, 0.717) is 5.69 Å². The second-order valence-corrected chi connectivity index (χ2v) is 5.99. The van der Waals surface area contributed by atoms with Gasteiger partial charge in [-0.3, -0.25) is 4.98 Å². The first kappa shape index (κ1) is 16.6. The Morgan fingerprint density at radius 2 is 1.71 bits per heavy atom. The van der Waals surface area contributed by atoms with E-state index in [0.717, 1.165) is 27.2 Å². The van der Waals surface area contributed by atoms with Crippen LogP contribution in [0.2, 0.25) is 0 Å². The van der Waals surface area contributed by atoms with Gasteiger partial charge in [0.2, 0.25) is 0 Å². The topological polar surface area (TPSA) is 37.8 Å². The molecule has 3 nitrogen and oxygen atoms in total. The summed E-state index contributed by atoms with van der Waals surface area (Å²) in [6.45, 7) is -1.05. The van der Waals surface area contributed by atoms with Gasteiger partial charge in [-0.2, -0.15) is 13.2 Å². The molecule has 1 heterocycles. The zero-order valence-electron chi connectivity index (χ0n) is 12.8. The Balaban J connectivity index is 1.82.